The smallest absolute Gasteiger partial charge is 0.410 e. The summed E-state index contributed by atoms with van der Waals surface area (Å²) >= 11 is 0. The van der Waals surface area contributed by atoms with Crippen LogP contribution in [-0.2, 0) is 14.3 Å². The van der Waals surface area contributed by atoms with E-state index in [1.165, 1.54) is 6.07 Å². The highest BCUT2D eigenvalue weighted by Gasteiger charge is 2.31. The fourth-order valence-corrected chi connectivity index (χ4v) is 3.82. The number of likely N-dealkylation sites (tertiary alicyclic amines) is 1. The first kappa shape index (κ1) is 21.6. The molecular formula is C22H31FN2O4. The number of piperidine rings is 1. The average Bonchev–Trinajstić information content (AvgIpc) is 2.67. The largest absolute Gasteiger partial charge is 0.444 e. The number of carbonyl (C=O) groups excluding carboxylic acids is 2. The number of halogens is 1. The van der Waals surface area contributed by atoms with Crippen LogP contribution < -0.4 is 0 Å². The van der Waals surface area contributed by atoms with Crippen molar-refractivity contribution in [3.05, 3.63) is 35.6 Å². The Bertz CT molecular complexity index is 726. The molecule has 2 amide bonds. The molecule has 0 bridgehead atoms. The number of morpholine rings is 1. The Morgan fingerprint density at radius 1 is 1.14 bits per heavy atom. The highest BCUT2D eigenvalue weighted by molar-refractivity contribution is 5.76. The fraction of sp³-hybridized carbons (Fsp3) is 0.636. The van der Waals surface area contributed by atoms with Crippen LogP contribution >= 0.6 is 0 Å². The third-order valence-corrected chi connectivity index (χ3v) is 5.40. The molecule has 160 valence electrons. The molecule has 0 N–H and O–H groups in total. The molecule has 1 aromatic rings. The van der Waals surface area contributed by atoms with E-state index in [-0.39, 0.29) is 23.7 Å². The standard InChI is InChI=1S/C22H31FN2O4/c1-22(2,3)29-21(27)24-10-8-16(9-11-24)14-20(26)25-12-13-28-19(15-25)17-6-4-5-7-18(17)23/h4-7,16,19H,8-15H2,1-3H3. The summed E-state index contributed by atoms with van der Waals surface area (Å²) in [4.78, 5) is 28.5. The summed E-state index contributed by atoms with van der Waals surface area (Å²) in [6.07, 6.45) is 1.30. The summed E-state index contributed by atoms with van der Waals surface area (Å²) in [7, 11) is 0. The van der Waals surface area contributed by atoms with Gasteiger partial charge in [0.05, 0.1) is 13.2 Å². The Morgan fingerprint density at radius 3 is 2.48 bits per heavy atom. The van der Waals surface area contributed by atoms with E-state index in [9.17, 15) is 14.0 Å². The summed E-state index contributed by atoms with van der Waals surface area (Å²) in [6.45, 7) is 8.08. The second-order valence-electron chi connectivity index (χ2n) is 8.84. The van der Waals surface area contributed by atoms with Gasteiger partial charge in [0, 0.05) is 31.6 Å². The number of carbonyl (C=O) groups is 2. The van der Waals surface area contributed by atoms with Crippen molar-refractivity contribution in [2.75, 3.05) is 32.8 Å². The molecular weight excluding hydrogens is 375 g/mol. The third kappa shape index (κ3) is 5.92. The van der Waals surface area contributed by atoms with Crippen LogP contribution in [0.3, 0.4) is 0 Å². The molecule has 29 heavy (non-hydrogen) atoms. The molecule has 3 rings (SSSR count). The maximum Gasteiger partial charge on any atom is 0.410 e. The summed E-state index contributed by atoms with van der Waals surface area (Å²) < 4.78 is 25.2. The van der Waals surface area contributed by atoms with Gasteiger partial charge in [0.25, 0.3) is 0 Å². The van der Waals surface area contributed by atoms with Crippen LogP contribution in [0, 0.1) is 11.7 Å². The summed E-state index contributed by atoms with van der Waals surface area (Å²) in [6, 6.07) is 6.55. The topological polar surface area (TPSA) is 59.1 Å². The summed E-state index contributed by atoms with van der Waals surface area (Å²) in [5.41, 5.74) is -0.00897. The van der Waals surface area contributed by atoms with Crippen LogP contribution in [0.25, 0.3) is 0 Å². The Hall–Kier alpha value is -2.15. The maximum atomic E-state index is 14.1. The zero-order valence-electron chi connectivity index (χ0n) is 17.5. The molecule has 0 spiro atoms. The minimum Gasteiger partial charge on any atom is -0.444 e. The fourth-order valence-electron chi connectivity index (χ4n) is 3.82. The van der Waals surface area contributed by atoms with Gasteiger partial charge in [-0.25, -0.2) is 9.18 Å². The van der Waals surface area contributed by atoms with Crippen LogP contribution in [0.4, 0.5) is 9.18 Å². The molecule has 2 aliphatic heterocycles. The van der Waals surface area contributed by atoms with Gasteiger partial charge in [0.1, 0.15) is 17.5 Å². The van der Waals surface area contributed by atoms with Gasteiger partial charge in [-0.15, -0.1) is 0 Å². The Balaban J connectivity index is 1.48. The number of benzene rings is 1. The lowest BCUT2D eigenvalue weighted by Crippen LogP contribution is -2.45. The maximum absolute atomic E-state index is 14.1. The number of amides is 2. The SMILES string of the molecule is CC(C)(C)OC(=O)N1CCC(CC(=O)N2CCOC(c3ccccc3F)C2)CC1. The molecule has 2 saturated heterocycles. The van der Waals surface area contributed by atoms with E-state index < -0.39 is 11.7 Å². The van der Waals surface area contributed by atoms with E-state index in [0.717, 1.165) is 12.8 Å². The highest BCUT2D eigenvalue weighted by atomic mass is 19.1. The van der Waals surface area contributed by atoms with Crippen LogP contribution in [0.1, 0.15) is 51.7 Å². The zero-order chi connectivity index (χ0) is 21.0. The van der Waals surface area contributed by atoms with Gasteiger partial charge in [-0.05, 0) is 45.6 Å². The third-order valence-electron chi connectivity index (χ3n) is 5.40. The Kier molecular flexibility index (Phi) is 6.77. The zero-order valence-corrected chi connectivity index (χ0v) is 17.5. The lowest BCUT2D eigenvalue weighted by molar-refractivity contribution is -0.140. The van der Waals surface area contributed by atoms with Crippen molar-refractivity contribution >= 4 is 12.0 Å². The highest BCUT2D eigenvalue weighted by Crippen LogP contribution is 2.27. The van der Waals surface area contributed by atoms with E-state index in [2.05, 4.69) is 0 Å². The van der Waals surface area contributed by atoms with Crippen LogP contribution in [-0.4, -0.2) is 60.2 Å². The van der Waals surface area contributed by atoms with Gasteiger partial charge in [0.2, 0.25) is 5.91 Å². The van der Waals surface area contributed by atoms with Crippen LogP contribution in [0.5, 0.6) is 0 Å². The van der Waals surface area contributed by atoms with Gasteiger partial charge in [0.15, 0.2) is 0 Å². The van der Waals surface area contributed by atoms with Crippen molar-refractivity contribution in [2.24, 2.45) is 5.92 Å². The van der Waals surface area contributed by atoms with Gasteiger partial charge < -0.3 is 19.3 Å². The van der Waals surface area contributed by atoms with E-state index in [1.54, 1.807) is 28.0 Å². The van der Waals surface area contributed by atoms with Gasteiger partial charge >= 0.3 is 6.09 Å². The predicted octanol–water partition coefficient (Wildman–Crippen LogP) is 3.76. The monoisotopic (exact) mass is 406 g/mol. The molecule has 0 radical (unpaired) electrons. The van der Waals surface area contributed by atoms with Crippen molar-refractivity contribution in [2.45, 2.75) is 51.7 Å². The predicted molar refractivity (Wildman–Crippen MR) is 107 cm³/mol. The number of ether oxygens (including phenoxy) is 2. The first-order chi connectivity index (χ1) is 13.7. The van der Waals surface area contributed by atoms with Crippen molar-refractivity contribution in [1.29, 1.82) is 0 Å². The summed E-state index contributed by atoms with van der Waals surface area (Å²) in [5.74, 6) is 0.0163. The molecule has 0 aliphatic carbocycles. The van der Waals surface area contributed by atoms with E-state index >= 15 is 0 Å². The lowest BCUT2D eigenvalue weighted by atomic mass is 9.93. The first-order valence-corrected chi connectivity index (χ1v) is 10.3. The van der Waals surface area contributed by atoms with E-state index in [0.29, 0.717) is 44.8 Å². The normalized spacial score (nSPS) is 21.2. The number of nitrogens with zero attached hydrogens (tertiary/aromatic N) is 2. The lowest BCUT2D eigenvalue weighted by Gasteiger charge is -2.36. The molecule has 2 fully saturated rings. The molecule has 1 unspecified atom stereocenters. The minimum atomic E-state index is -0.505. The van der Waals surface area contributed by atoms with Crippen LogP contribution in [0.15, 0.2) is 24.3 Å². The first-order valence-electron chi connectivity index (χ1n) is 10.3. The second kappa shape index (κ2) is 9.11. The average molecular weight is 406 g/mol. The van der Waals surface area contributed by atoms with Crippen molar-refractivity contribution < 1.29 is 23.5 Å². The molecule has 7 heteroatoms. The van der Waals surface area contributed by atoms with E-state index in [4.69, 9.17) is 9.47 Å². The minimum absolute atomic E-state index is 0.0744. The number of hydrogen-bond donors (Lipinski definition) is 0. The molecule has 2 aliphatic rings. The second-order valence-corrected chi connectivity index (χ2v) is 8.84. The molecule has 2 heterocycles. The summed E-state index contributed by atoms with van der Waals surface area (Å²) in [5, 5.41) is 0. The molecule has 1 atom stereocenters. The Morgan fingerprint density at radius 2 is 1.83 bits per heavy atom. The van der Waals surface area contributed by atoms with Crippen LogP contribution in [0.2, 0.25) is 0 Å². The molecule has 0 aromatic heterocycles. The molecule has 0 saturated carbocycles. The molecule has 6 nitrogen and oxygen atoms in total. The quantitative estimate of drug-likeness (QED) is 0.767. The van der Waals surface area contributed by atoms with E-state index in [1.807, 2.05) is 20.8 Å². The van der Waals surface area contributed by atoms with Crippen molar-refractivity contribution in [3.8, 4) is 0 Å². The van der Waals surface area contributed by atoms with Gasteiger partial charge in [-0.2, -0.15) is 0 Å². The molecule has 1 aromatic carbocycles. The van der Waals surface area contributed by atoms with Crippen molar-refractivity contribution in [1.82, 2.24) is 9.80 Å². The number of hydrogen-bond acceptors (Lipinski definition) is 4. The number of rotatable bonds is 3. The Labute approximate surface area is 171 Å². The van der Waals surface area contributed by atoms with Gasteiger partial charge in [-0.3, -0.25) is 4.79 Å². The van der Waals surface area contributed by atoms with Crippen molar-refractivity contribution in [3.63, 3.8) is 0 Å². The van der Waals surface area contributed by atoms with Gasteiger partial charge in [-0.1, -0.05) is 18.2 Å².